The molecule has 4 aromatic rings. The summed E-state index contributed by atoms with van der Waals surface area (Å²) in [5.41, 5.74) is 5.53. The van der Waals surface area contributed by atoms with E-state index in [2.05, 4.69) is 15.6 Å². The molecule has 9 nitrogen and oxygen atoms in total. The fourth-order valence-corrected chi connectivity index (χ4v) is 4.85. The molecule has 0 bridgehead atoms. The Morgan fingerprint density at radius 3 is 2.32 bits per heavy atom. The van der Waals surface area contributed by atoms with Gasteiger partial charge in [-0.05, 0) is 54.2 Å². The highest BCUT2D eigenvalue weighted by Gasteiger charge is 2.28. The zero-order valence-electron chi connectivity index (χ0n) is 23.1. The molecular weight excluding hydrogens is 520 g/mol. The Kier molecular flexibility index (Phi) is 10.5. The lowest BCUT2D eigenvalue weighted by Gasteiger charge is -2.22. The number of hydrogen-bond acceptors (Lipinski definition) is 5. The summed E-state index contributed by atoms with van der Waals surface area (Å²) in [4.78, 5) is 42.2. The van der Waals surface area contributed by atoms with Gasteiger partial charge in [-0.3, -0.25) is 19.6 Å². The summed E-state index contributed by atoms with van der Waals surface area (Å²) < 4.78 is 5.20. The maximum Gasteiger partial charge on any atom is 0.244 e. The number of benzene rings is 3. The van der Waals surface area contributed by atoms with E-state index in [1.165, 1.54) is 0 Å². The van der Waals surface area contributed by atoms with Crippen molar-refractivity contribution in [2.24, 2.45) is 5.92 Å². The SMILES string of the molecule is COc1ccc(CC[C@@H](CC(=O)NO)C(=O)N[C@H](Cc2c[nH]c3ccccc23)C(=O)NCCc2ccccc2)cc1. The lowest BCUT2D eigenvalue weighted by atomic mass is 9.94. The average molecular weight is 557 g/mol. The highest BCUT2D eigenvalue weighted by Crippen LogP contribution is 2.21. The van der Waals surface area contributed by atoms with Crippen LogP contribution >= 0.6 is 0 Å². The minimum atomic E-state index is -0.863. The first kappa shape index (κ1) is 29.4. The van der Waals surface area contributed by atoms with Gasteiger partial charge in [-0.2, -0.15) is 0 Å². The number of methoxy groups -OCH3 is 1. The molecule has 9 heteroatoms. The molecule has 0 spiro atoms. The van der Waals surface area contributed by atoms with Crippen LogP contribution in [0.15, 0.2) is 85.1 Å². The van der Waals surface area contributed by atoms with Gasteiger partial charge in [0, 0.05) is 42.4 Å². The molecule has 0 aliphatic rings. The number of fused-ring (bicyclic) bond motifs is 1. The van der Waals surface area contributed by atoms with Crippen molar-refractivity contribution >= 4 is 28.6 Å². The van der Waals surface area contributed by atoms with E-state index >= 15 is 0 Å². The fourth-order valence-electron chi connectivity index (χ4n) is 4.85. The number of ether oxygens (including phenoxy) is 1. The first-order valence-electron chi connectivity index (χ1n) is 13.7. The van der Waals surface area contributed by atoms with Gasteiger partial charge < -0.3 is 20.4 Å². The molecule has 0 unspecified atom stereocenters. The van der Waals surface area contributed by atoms with E-state index in [0.717, 1.165) is 33.3 Å². The predicted octanol–water partition coefficient (Wildman–Crippen LogP) is 3.71. The molecule has 3 amide bonds. The van der Waals surface area contributed by atoms with Crippen LogP contribution in [0.4, 0.5) is 0 Å². The van der Waals surface area contributed by atoms with Gasteiger partial charge in [0.1, 0.15) is 11.8 Å². The average Bonchev–Trinajstić information content (AvgIpc) is 3.42. The van der Waals surface area contributed by atoms with Crippen molar-refractivity contribution in [2.45, 2.75) is 38.1 Å². The number of carbonyl (C=O) groups is 3. The number of H-pyrrole nitrogens is 1. The van der Waals surface area contributed by atoms with E-state index in [1.54, 1.807) is 12.6 Å². The lowest BCUT2D eigenvalue weighted by molar-refractivity contribution is -0.136. The molecule has 1 heterocycles. The molecule has 0 saturated heterocycles. The van der Waals surface area contributed by atoms with E-state index < -0.39 is 23.8 Å². The Morgan fingerprint density at radius 2 is 1.59 bits per heavy atom. The van der Waals surface area contributed by atoms with Gasteiger partial charge >= 0.3 is 0 Å². The van der Waals surface area contributed by atoms with Crippen molar-refractivity contribution in [1.82, 2.24) is 21.1 Å². The third kappa shape index (κ3) is 8.43. The van der Waals surface area contributed by atoms with Crippen molar-refractivity contribution in [1.29, 1.82) is 0 Å². The van der Waals surface area contributed by atoms with Crippen molar-refractivity contribution in [2.75, 3.05) is 13.7 Å². The number of aromatic nitrogens is 1. The monoisotopic (exact) mass is 556 g/mol. The van der Waals surface area contributed by atoms with Crippen molar-refractivity contribution in [3.8, 4) is 5.75 Å². The number of para-hydroxylation sites is 1. The van der Waals surface area contributed by atoms with Gasteiger partial charge in [0.25, 0.3) is 0 Å². The molecule has 1 aromatic heterocycles. The van der Waals surface area contributed by atoms with Crippen molar-refractivity contribution < 1.29 is 24.3 Å². The van der Waals surface area contributed by atoms with Crippen LogP contribution < -0.4 is 20.9 Å². The van der Waals surface area contributed by atoms with Crippen LogP contribution in [-0.4, -0.2) is 47.6 Å². The Bertz CT molecular complexity index is 1440. The maximum absolute atomic E-state index is 13.5. The van der Waals surface area contributed by atoms with E-state index in [0.29, 0.717) is 25.8 Å². The van der Waals surface area contributed by atoms with Crippen LogP contribution in [0, 0.1) is 5.92 Å². The number of hydrogen-bond donors (Lipinski definition) is 5. The summed E-state index contributed by atoms with van der Waals surface area (Å²) in [7, 11) is 1.59. The Morgan fingerprint density at radius 1 is 0.878 bits per heavy atom. The van der Waals surface area contributed by atoms with Gasteiger partial charge in [-0.1, -0.05) is 60.7 Å². The van der Waals surface area contributed by atoms with Gasteiger partial charge in [0.05, 0.1) is 7.11 Å². The third-order valence-electron chi connectivity index (χ3n) is 7.16. The second kappa shape index (κ2) is 14.7. The summed E-state index contributed by atoms with van der Waals surface area (Å²) >= 11 is 0. The minimum absolute atomic E-state index is 0.214. The van der Waals surface area contributed by atoms with Crippen molar-refractivity contribution in [3.05, 3.63) is 102 Å². The molecule has 214 valence electrons. The van der Waals surface area contributed by atoms with E-state index in [4.69, 9.17) is 9.94 Å². The van der Waals surface area contributed by atoms with Gasteiger partial charge in [-0.25, -0.2) is 5.48 Å². The number of nitrogens with one attached hydrogen (secondary N) is 4. The van der Waals surface area contributed by atoms with Crippen LogP contribution in [0.5, 0.6) is 5.75 Å². The number of carbonyl (C=O) groups excluding carboxylic acids is 3. The van der Waals surface area contributed by atoms with Crippen LogP contribution in [0.1, 0.15) is 29.5 Å². The Hall–Kier alpha value is -4.63. The van der Waals surface area contributed by atoms with Gasteiger partial charge in [-0.15, -0.1) is 0 Å². The molecular formula is C32H36N4O5. The van der Waals surface area contributed by atoms with Crippen LogP contribution in [-0.2, 0) is 33.6 Å². The third-order valence-corrected chi connectivity index (χ3v) is 7.16. The first-order valence-corrected chi connectivity index (χ1v) is 13.7. The molecule has 0 aliphatic heterocycles. The standard InChI is InChI=1S/C32H36N4O5/c1-41-26-15-12-23(13-16-26)11-14-24(20-30(37)36-40)31(38)35-29(19-25-21-34-28-10-6-5-9-27(25)28)32(39)33-18-17-22-7-3-2-4-8-22/h2-10,12-13,15-16,21,24,29,34,40H,11,14,17-20H2,1H3,(H,33,39)(H,35,38)(H,36,37)/t24-,29+/m0/s1. The normalized spacial score (nSPS) is 12.3. The topological polar surface area (TPSA) is 133 Å². The molecule has 0 saturated carbocycles. The Labute approximate surface area is 239 Å². The van der Waals surface area contributed by atoms with Crippen molar-refractivity contribution in [3.63, 3.8) is 0 Å². The molecule has 4 rings (SSSR count). The second-order valence-corrected chi connectivity index (χ2v) is 9.97. The number of amides is 3. The number of aromatic amines is 1. The number of hydroxylamine groups is 1. The van der Waals surface area contributed by atoms with Gasteiger partial charge in [0.15, 0.2) is 0 Å². The molecule has 3 aromatic carbocycles. The Balaban J connectivity index is 1.48. The van der Waals surface area contributed by atoms with Gasteiger partial charge in [0.2, 0.25) is 17.7 Å². The van der Waals surface area contributed by atoms with Crippen LogP contribution in [0.3, 0.4) is 0 Å². The molecule has 0 radical (unpaired) electrons. The summed E-state index contributed by atoms with van der Waals surface area (Å²) in [6.45, 7) is 0.414. The zero-order valence-corrected chi connectivity index (χ0v) is 23.1. The molecule has 0 aliphatic carbocycles. The largest absolute Gasteiger partial charge is 0.497 e. The van der Waals surface area contributed by atoms with E-state index in [1.807, 2.05) is 85.1 Å². The summed E-state index contributed by atoms with van der Waals surface area (Å²) in [6.07, 6.45) is 3.43. The first-order chi connectivity index (χ1) is 20.0. The summed E-state index contributed by atoms with van der Waals surface area (Å²) in [5, 5.41) is 16.0. The number of rotatable bonds is 14. The molecule has 5 N–H and O–H groups in total. The quantitative estimate of drug-likeness (QED) is 0.119. The summed E-state index contributed by atoms with van der Waals surface area (Å²) in [6, 6.07) is 24.2. The smallest absolute Gasteiger partial charge is 0.244 e. The molecule has 0 fully saturated rings. The number of aryl methyl sites for hydroxylation is 1. The fraction of sp³-hybridized carbons (Fsp3) is 0.281. The molecule has 2 atom stereocenters. The minimum Gasteiger partial charge on any atom is -0.497 e. The predicted molar refractivity (Wildman–Crippen MR) is 156 cm³/mol. The van der Waals surface area contributed by atoms with E-state index in [9.17, 15) is 14.4 Å². The second-order valence-electron chi connectivity index (χ2n) is 9.97. The highest BCUT2D eigenvalue weighted by atomic mass is 16.5. The summed E-state index contributed by atoms with van der Waals surface area (Å²) in [5.74, 6) is -1.43. The van der Waals surface area contributed by atoms with E-state index in [-0.39, 0.29) is 18.7 Å². The molecule has 41 heavy (non-hydrogen) atoms. The van der Waals surface area contributed by atoms with Crippen LogP contribution in [0.2, 0.25) is 0 Å². The van der Waals surface area contributed by atoms with Crippen LogP contribution in [0.25, 0.3) is 10.9 Å². The maximum atomic E-state index is 13.5. The highest BCUT2D eigenvalue weighted by molar-refractivity contribution is 5.91. The zero-order chi connectivity index (χ0) is 29.0. The lowest BCUT2D eigenvalue weighted by Crippen LogP contribution is -2.50.